The van der Waals surface area contributed by atoms with Crippen molar-refractivity contribution in [2.45, 2.75) is 24.1 Å². The van der Waals surface area contributed by atoms with E-state index >= 15 is 0 Å². The Morgan fingerprint density at radius 2 is 1.65 bits per heavy atom. The summed E-state index contributed by atoms with van der Waals surface area (Å²) < 4.78 is 24.9. The van der Waals surface area contributed by atoms with Crippen LogP contribution in [0.5, 0.6) is 0 Å². The molecule has 1 heterocycles. The van der Waals surface area contributed by atoms with Crippen molar-refractivity contribution in [1.29, 1.82) is 0 Å². The Bertz CT molecular complexity index is 895. The van der Waals surface area contributed by atoms with Crippen molar-refractivity contribution in [2.24, 2.45) is 0 Å². The number of nitrogens with zero attached hydrogens (tertiary/aromatic N) is 1. The van der Waals surface area contributed by atoms with Gasteiger partial charge in [0.25, 0.3) is 0 Å². The zero-order valence-electron chi connectivity index (χ0n) is 16.8. The van der Waals surface area contributed by atoms with Gasteiger partial charge in [-0.25, -0.2) is 0 Å². The van der Waals surface area contributed by atoms with Gasteiger partial charge in [0, 0.05) is 0 Å². The van der Waals surface area contributed by atoms with E-state index in [4.69, 9.17) is 4.11 Å². The zero-order chi connectivity index (χ0) is 18.9. The van der Waals surface area contributed by atoms with E-state index in [1.165, 1.54) is 4.40 Å². The predicted molar refractivity (Wildman–Crippen MR) is 103 cm³/mol. The Hall–Kier alpha value is -1.87. The van der Waals surface area contributed by atoms with E-state index in [0.717, 1.165) is 22.4 Å². The van der Waals surface area contributed by atoms with Crippen LogP contribution in [0.25, 0.3) is 22.4 Å². The van der Waals surface area contributed by atoms with Gasteiger partial charge in [-0.2, -0.15) is 0 Å². The first-order valence-electron chi connectivity index (χ1n) is 9.33. The summed E-state index contributed by atoms with van der Waals surface area (Å²) in [6, 6.07) is 19.4. The molecule has 0 saturated carbocycles. The molecule has 3 aromatic rings. The number of rotatable bonds is 3. The molecule has 116 valence electrons. The fourth-order valence-electron chi connectivity index (χ4n) is 2.57. The van der Waals surface area contributed by atoms with Crippen LogP contribution >= 0.6 is 0 Å². The normalized spacial score (nSPS) is 14.0. The van der Waals surface area contributed by atoms with Crippen LogP contribution < -0.4 is 4.40 Å². The summed E-state index contributed by atoms with van der Waals surface area (Å²) in [6.45, 7) is -2.15. The van der Waals surface area contributed by atoms with Crippen LogP contribution in [0.3, 0.4) is 0 Å². The van der Waals surface area contributed by atoms with Gasteiger partial charge in [-0.3, -0.25) is 0 Å². The van der Waals surface area contributed by atoms with Crippen LogP contribution in [0.1, 0.15) is 9.68 Å². The van der Waals surface area contributed by atoms with E-state index < -0.39 is 20.1 Å². The molecule has 3 rings (SSSR count). The SMILES string of the molecule is [2H]C([2H])([2H])c1ccc(-c2cc[c]([Ge]([CH3])([CH3])[CH3])cn2)cc1-c1ccccc1. The number of hydrogen-bond donors (Lipinski definition) is 0. The third-order valence-electron chi connectivity index (χ3n) is 4.03. The molecule has 0 aliphatic heterocycles. The number of aryl methyl sites for hydroxylation is 1. The van der Waals surface area contributed by atoms with E-state index in [-0.39, 0.29) is 0 Å². The van der Waals surface area contributed by atoms with Gasteiger partial charge >= 0.3 is 146 Å². The van der Waals surface area contributed by atoms with Crippen LogP contribution in [-0.2, 0) is 0 Å². The molecule has 0 saturated heterocycles. The Labute approximate surface area is 146 Å². The molecule has 0 aliphatic carbocycles. The van der Waals surface area contributed by atoms with Gasteiger partial charge < -0.3 is 0 Å². The second-order valence-corrected chi connectivity index (χ2v) is 17.5. The summed E-state index contributed by atoms with van der Waals surface area (Å²) in [5.74, 6) is 7.03. The van der Waals surface area contributed by atoms with E-state index in [2.05, 4.69) is 28.3 Å². The van der Waals surface area contributed by atoms with Crippen molar-refractivity contribution in [3.05, 3.63) is 72.4 Å². The molecule has 0 fully saturated rings. The first-order valence-corrected chi connectivity index (χ1v) is 15.2. The molecule has 0 bridgehead atoms. The maximum absolute atomic E-state index is 7.86. The molecule has 0 amide bonds. The van der Waals surface area contributed by atoms with Crippen molar-refractivity contribution in [1.82, 2.24) is 4.98 Å². The van der Waals surface area contributed by atoms with Crippen LogP contribution in [0.4, 0.5) is 0 Å². The number of pyridine rings is 1. The molecule has 0 atom stereocenters. The fraction of sp³-hybridized carbons (Fsp3) is 0.190. The summed E-state index contributed by atoms with van der Waals surface area (Å²) >= 11 is -1.90. The van der Waals surface area contributed by atoms with Gasteiger partial charge in [0.05, 0.1) is 0 Å². The molecule has 0 radical (unpaired) electrons. The first kappa shape index (κ1) is 12.5. The molecular weight excluding hydrogens is 339 g/mol. The Kier molecular flexibility index (Phi) is 3.45. The van der Waals surface area contributed by atoms with E-state index in [1.807, 2.05) is 54.7 Å². The number of hydrogen-bond acceptors (Lipinski definition) is 1. The van der Waals surface area contributed by atoms with E-state index in [0.29, 0.717) is 5.56 Å². The molecule has 23 heavy (non-hydrogen) atoms. The molecule has 2 heteroatoms. The summed E-state index contributed by atoms with van der Waals surface area (Å²) in [7, 11) is 0. The third-order valence-corrected chi connectivity index (χ3v) is 8.28. The first-order chi connectivity index (χ1) is 12.2. The zero-order valence-corrected chi connectivity index (χ0v) is 15.9. The van der Waals surface area contributed by atoms with Gasteiger partial charge in [0.2, 0.25) is 0 Å². The molecule has 1 aromatic heterocycles. The van der Waals surface area contributed by atoms with E-state index in [1.54, 1.807) is 6.07 Å². The second-order valence-electron chi connectivity index (χ2n) is 6.81. The average Bonchev–Trinajstić information content (AvgIpc) is 2.60. The Morgan fingerprint density at radius 3 is 2.26 bits per heavy atom. The Balaban J connectivity index is 2.10. The second kappa shape index (κ2) is 6.33. The number of benzene rings is 2. The van der Waals surface area contributed by atoms with Gasteiger partial charge in [0.1, 0.15) is 0 Å². The van der Waals surface area contributed by atoms with Crippen LogP contribution in [0.15, 0.2) is 66.9 Å². The maximum atomic E-state index is 7.86. The van der Waals surface area contributed by atoms with Gasteiger partial charge in [0.15, 0.2) is 0 Å². The standard InChI is InChI=1S/C21H23GeN/c1-16-10-11-18(14-20(16)17-8-6-5-7-9-17)21-13-12-19(15-23-21)22(2,3)4/h5-15H,1-4H3/i1D3. The fourth-order valence-corrected chi connectivity index (χ4v) is 4.74. The van der Waals surface area contributed by atoms with Crippen LogP contribution in [0, 0.1) is 6.85 Å². The molecule has 0 N–H and O–H groups in total. The molecular formula is C21H23GeN. The quantitative estimate of drug-likeness (QED) is 0.577. The van der Waals surface area contributed by atoms with Crippen molar-refractivity contribution in [2.75, 3.05) is 0 Å². The third kappa shape index (κ3) is 3.56. The summed E-state index contributed by atoms with van der Waals surface area (Å²) in [6.07, 6.45) is 1.98. The van der Waals surface area contributed by atoms with Crippen molar-refractivity contribution in [3.8, 4) is 22.4 Å². The van der Waals surface area contributed by atoms with Crippen molar-refractivity contribution in [3.63, 3.8) is 0 Å². The van der Waals surface area contributed by atoms with E-state index in [9.17, 15) is 0 Å². The number of aromatic nitrogens is 1. The Morgan fingerprint density at radius 1 is 0.870 bits per heavy atom. The molecule has 1 nitrogen and oxygen atoms in total. The molecule has 0 spiro atoms. The van der Waals surface area contributed by atoms with Crippen molar-refractivity contribution >= 4 is 17.7 Å². The molecule has 2 aromatic carbocycles. The summed E-state index contributed by atoms with van der Waals surface area (Å²) in [5, 5.41) is 0. The predicted octanol–water partition coefficient (Wildman–Crippen LogP) is 5.27. The summed E-state index contributed by atoms with van der Waals surface area (Å²) in [5.41, 5.74) is 3.82. The van der Waals surface area contributed by atoms with Crippen LogP contribution in [0.2, 0.25) is 17.3 Å². The minimum absolute atomic E-state index is 0.369. The monoisotopic (exact) mass is 366 g/mol. The topological polar surface area (TPSA) is 12.9 Å². The summed E-state index contributed by atoms with van der Waals surface area (Å²) in [4.78, 5) is 4.65. The van der Waals surface area contributed by atoms with Gasteiger partial charge in [-0.05, 0) is 0 Å². The minimum atomic E-state index is -2.15. The average molecular weight is 365 g/mol. The van der Waals surface area contributed by atoms with Crippen molar-refractivity contribution < 1.29 is 4.11 Å². The van der Waals surface area contributed by atoms with Gasteiger partial charge in [-0.1, -0.05) is 0 Å². The van der Waals surface area contributed by atoms with Crippen LogP contribution in [-0.4, -0.2) is 18.3 Å². The molecule has 0 aliphatic rings. The van der Waals surface area contributed by atoms with Gasteiger partial charge in [-0.15, -0.1) is 0 Å². The molecule has 0 unspecified atom stereocenters.